The Morgan fingerprint density at radius 2 is 1.82 bits per heavy atom. The molecule has 0 atom stereocenters. The molecule has 0 spiro atoms. The molecule has 1 aliphatic heterocycles. The number of methoxy groups -OCH3 is 1. The zero-order valence-electron chi connectivity index (χ0n) is 18.2. The molecule has 0 bridgehead atoms. The van der Waals surface area contributed by atoms with Gasteiger partial charge in [0.15, 0.2) is 5.96 Å². The van der Waals surface area contributed by atoms with E-state index in [0.29, 0.717) is 6.10 Å². The van der Waals surface area contributed by atoms with Crippen molar-refractivity contribution in [1.29, 1.82) is 0 Å². The quantitative estimate of drug-likeness (QED) is 0.252. The molecule has 0 aliphatic carbocycles. The average molecular weight is 503 g/mol. The molecule has 0 aromatic heterocycles. The van der Waals surface area contributed by atoms with Crippen LogP contribution in [0.1, 0.15) is 44.2 Å². The van der Waals surface area contributed by atoms with E-state index in [0.717, 1.165) is 58.1 Å². The van der Waals surface area contributed by atoms with Crippen LogP contribution in [0.4, 0.5) is 0 Å². The Kier molecular flexibility index (Phi) is 11.4. The molecule has 1 aromatic rings. The first kappa shape index (κ1) is 25.2. The fourth-order valence-corrected chi connectivity index (χ4v) is 3.43. The maximum atomic E-state index is 5.96. The summed E-state index contributed by atoms with van der Waals surface area (Å²) >= 11 is 0. The van der Waals surface area contributed by atoms with Crippen LogP contribution in [0.25, 0.3) is 0 Å². The molecule has 6 heteroatoms. The van der Waals surface area contributed by atoms with Gasteiger partial charge < -0.3 is 19.7 Å². The van der Waals surface area contributed by atoms with Gasteiger partial charge in [0.1, 0.15) is 0 Å². The highest BCUT2D eigenvalue weighted by atomic mass is 127. The molecule has 0 saturated carbocycles. The van der Waals surface area contributed by atoms with Gasteiger partial charge in [-0.05, 0) is 31.7 Å². The Bertz CT molecular complexity index is 582. The third-order valence-electron chi connectivity index (χ3n) is 5.32. The predicted molar refractivity (Wildman–Crippen MR) is 128 cm³/mol. The maximum Gasteiger partial charge on any atom is 0.193 e. The third kappa shape index (κ3) is 7.87. The fraction of sp³-hybridized carbons (Fsp3) is 0.682. The van der Waals surface area contributed by atoms with E-state index in [9.17, 15) is 0 Å². The summed E-state index contributed by atoms with van der Waals surface area (Å²) in [7, 11) is 3.60. The second-order valence-electron chi connectivity index (χ2n) is 8.05. The molecule has 1 aliphatic rings. The number of guanidine groups is 1. The lowest BCUT2D eigenvalue weighted by Gasteiger charge is -2.35. The number of likely N-dealkylation sites (tertiary alicyclic amines) is 1. The molecule has 1 aromatic carbocycles. The first-order valence-corrected chi connectivity index (χ1v) is 10.1. The van der Waals surface area contributed by atoms with Crippen molar-refractivity contribution in [3.63, 3.8) is 0 Å². The lowest BCUT2D eigenvalue weighted by atomic mass is 9.84. The van der Waals surface area contributed by atoms with Crippen molar-refractivity contribution in [2.75, 3.05) is 47.0 Å². The van der Waals surface area contributed by atoms with E-state index in [1.165, 1.54) is 11.1 Å². The normalized spacial score (nSPS) is 16.0. The lowest BCUT2D eigenvalue weighted by Crippen LogP contribution is -2.49. The largest absolute Gasteiger partial charge is 0.385 e. The number of ether oxygens (including phenoxy) is 2. The van der Waals surface area contributed by atoms with E-state index in [1.807, 2.05) is 7.05 Å². The molecule has 0 amide bonds. The first-order valence-electron chi connectivity index (χ1n) is 10.1. The minimum Gasteiger partial charge on any atom is -0.385 e. The Labute approximate surface area is 188 Å². The van der Waals surface area contributed by atoms with Crippen LogP contribution in [0.3, 0.4) is 0 Å². The first-order chi connectivity index (χ1) is 13.0. The summed E-state index contributed by atoms with van der Waals surface area (Å²) in [6.45, 7) is 11.1. The summed E-state index contributed by atoms with van der Waals surface area (Å²) in [5, 5.41) is 3.59. The highest BCUT2D eigenvalue weighted by molar-refractivity contribution is 14.0. The molecular weight excluding hydrogens is 465 g/mol. The van der Waals surface area contributed by atoms with E-state index < -0.39 is 0 Å². The van der Waals surface area contributed by atoms with Crippen LogP contribution in [0, 0.1) is 6.92 Å². The van der Waals surface area contributed by atoms with Crippen molar-refractivity contribution in [3.8, 4) is 0 Å². The van der Waals surface area contributed by atoms with Gasteiger partial charge >= 0.3 is 0 Å². The Morgan fingerprint density at radius 3 is 2.39 bits per heavy atom. The number of halogens is 1. The number of aliphatic imine (C=N–C) groups is 1. The maximum absolute atomic E-state index is 5.96. The van der Waals surface area contributed by atoms with Crippen molar-refractivity contribution in [3.05, 3.63) is 35.4 Å². The number of nitrogens with zero attached hydrogens (tertiary/aromatic N) is 2. The van der Waals surface area contributed by atoms with Crippen LogP contribution in [-0.2, 0) is 14.9 Å². The molecule has 1 N–H and O–H groups in total. The summed E-state index contributed by atoms with van der Waals surface area (Å²) in [6.07, 6.45) is 3.43. The van der Waals surface area contributed by atoms with Crippen LogP contribution in [0.15, 0.2) is 29.3 Å². The third-order valence-corrected chi connectivity index (χ3v) is 5.32. The average Bonchev–Trinajstić information content (AvgIpc) is 2.67. The van der Waals surface area contributed by atoms with Crippen LogP contribution >= 0.6 is 24.0 Å². The van der Waals surface area contributed by atoms with Crippen LogP contribution in [0.5, 0.6) is 0 Å². The number of nitrogens with one attached hydrogen (secondary N) is 1. The summed E-state index contributed by atoms with van der Waals surface area (Å²) in [5.41, 5.74) is 2.69. The highest BCUT2D eigenvalue weighted by Gasteiger charge is 2.25. The van der Waals surface area contributed by atoms with Crippen molar-refractivity contribution >= 4 is 29.9 Å². The van der Waals surface area contributed by atoms with E-state index in [4.69, 9.17) is 9.47 Å². The molecule has 0 unspecified atom stereocenters. The molecule has 28 heavy (non-hydrogen) atoms. The van der Waals surface area contributed by atoms with Crippen molar-refractivity contribution < 1.29 is 9.47 Å². The molecule has 160 valence electrons. The predicted octanol–water partition coefficient (Wildman–Crippen LogP) is 3.98. The number of piperidine rings is 1. The summed E-state index contributed by atoms with van der Waals surface area (Å²) in [6, 6.07) is 8.82. The zero-order valence-corrected chi connectivity index (χ0v) is 20.5. The van der Waals surface area contributed by atoms with Crippen molar-refractivity contribution in [2.45, 2.75) is 51.6 Å². The molecule has 1 fully saturated rings. The summed E-state index contributed by atoms with van der Waals surface area (Å²) in [5.74, 6) is 0.994. The van der Waals surface area contributed by atoms with Gasteiger partial charge in [0.05, 0.1) is 6.10 Å². The van der Waals surface area contributed by atoms with Crippen molar-refractivity contribution in [2.24, 2.45) is 4.99 Å². The number of rotatable bonds is 8. The van der Waals surface area contributed by atoms with Gasteiger partial charge in [0.25, 0.3) is 0 Å². The topological polar surface area (TPSA) is 46.1 Å². The zero-order chi connectivity index (χ0) is 19.7. The standard InChI is InChI=1S/C22H37N3O2.HI/c1-18-7-9-19(10-8-18)22(2,3)17-24-21(23-4)25-13-11-20(12-14-25)27-16-6-15-26-5;/h7-10,20H,6,11-17H2,1-5H3,(H,23,24);1H. The van der Waals surface area contributed by atoms with Gasteiger partial charge in [-0.15, -0.1) is 24.0 Å². The van der Waals surface area contributed by atoms with E-state index >= 15 is 0 Å². The molecule has 5 nitrogen and oxygen atoms in total. The number of hydrogen-bond donors (Lipinski definition) is 1. The molecule has 2 rings (SSSR count). The Morgan fingerprint density at radius 1 is 1.18 bits per heavy atom. The molecule has 0 radical (unpaired) electrons. The second-order valence-corrected chi connectivity index (χ2v) is 8.05. The van der Waals surface area contributed by atoms with E-state index in [-0.39, 0.29) is 29.4 Å². The van der Waals surface area contributed by atoms with Gasteiger partial charge in [-0.25, -0.2) is 0 Å². The molecule has 1 heterocycles. The number of benzene rings is 1. The molecular formula is C22H38IN3O2. The number of aryl methyl sites for hydroxylation is 1. The van der Waals surface area contributed by atoms with Crippen LogP contribution in [0.2, 0.25) is 0 Å². The van der Waals surface area contributed by atoms with Gasteiger partial charge in [0, 0.05) is 52.4 Å². The minimum absolute atomic E-state index is 0. The monoisotopic (exact) mass is 503 g/mol. The van der Waals surface area contributed by atoms with Gasteiger partial charge in [-0.2, -0.15) is 0 Å². The Hall–Kier alpha value is -0.860. The van der Waals surface area contributed by atoms with Gasteiger partial charge in [0.2, 0.25) is 0 Å². The fourth-order valence-electron chi connectivity index (χ4n) is 3.43. The highest BCUT2D eigenvalue weighted by Crippen LogP contribution is 2.23. The van der Waals surface area contributed by atoms with E-state index in [2.05, 4.69) is 60.2 Å². The van der Waals surface area contributed by atoms with E-state index in [1.54, 1.807) is 7.11 Å². The van der Waals surface area contributed by atoms with Gasteiger partial charge in [-0.1, -0.05) is 43.7 Å². The van der Waals surface area contributed by atoms with Crippen LogP contribution < -0.4 is 5.32 Å². The minimum atomic E-state index is 0. The lowest BCUT2D eigenvalue weighted by molar-refractivity contribution is 0.00987. The summed E-state index contributed by atoms with van der Waals surface area (Å²) in [4.78, 5) is 6.86. The number of hydrogen-bond acceptors (Lipinski definition) is 3. The molecule has 1 saturated heterocycles. The SMILES string of the molecule is CN=C(NCC(C)(C)c1ccc(C)cc1)N1CCC(OCCCOC)CC1.I. The Balaban J connectivity index is 0.00000392. The second kappa shape index (κ2) is 12.6. The smallest absolute Gasteiger partial charge is 0.193 e. The van der Waals surface area contributed by atoms with Gasteiger partial charge in [-0.3, -0.25) is 4.99 Å². The van der Waals surface area contributed by atoms with Crippen molar-refractivity contribution in [1.82, 2.24) is 10.2 Å². The summed E-state index contributed by atoms with van der Waals surface area (Å²) < 4.78 is 11.0. The van der Waals surface area contributed by atoms with Crippen LogP contribution in [-0.4, -0.2) is 64.0 Å².